The van der Waals surface area contributed by atoms with Crippen molar-refractivity contribution in [3.05, 3.63) is 42.5 Å². The number of para-hydroxylation sites is 1. The van der Waals surface area contributed by atoms with Gasteiger partial charge in [0.15, 0.2) is 11.8 Å². The Morgan fingerprint density at radius 3 is 2.62 bits per heavy atom. The molecular formula is C17H25IN6. The summed E-state index contributed by atoms with van der Waals surface area (Å²) in [5, 5.41) is 11.6. The van der Waals surface area contributed by atoms with Crippen molar-refractivity contribution in [2.24, 2.45) is 4.99 Å². The van der Waals surface area contributed by atoms with Gasteiger partial charge in [0.05, 0.1) is 0 Å². The second-order valence-corrected chi connectivity index (χ2v) is 5.71. The van der Waals surface area contributed by atoms with Crippen LogP contribution in [0.1, 0.15) is 32.0 Å². The highest BCUT2D eigenvalue weighted by Crippen LogP contribution is 2.13. The number of benzene rings is 1. The molecular weight excluding hydrogens is 415 g/mol. The van der Waals surface area contributed by atoms with E-state index in [-0.39, 0.29) is 24.0 Å². The molecule has 130 valence electrons. The Balaban J connectivity index is 0.00000208. The van der Waals surface area contributed by atoms with Gasteiger partial charge in [0.1, 0.15) is 12.9 Å². The van der Waals surface area contributed by atoms with E-state index < -0.39 is 0 Å². The minimum Gasteiger partial charge on any atom is -0.343 e. The van der Waals surface area contributed by atoms with Gasteiger partial charge in [0, 0.05) is 25.3 Å². The fraction of sp³-hybridized carbons (Fsp3) is 0.471. The van der Waals surface area contributed by atoms with Gasteiger partial charge in [-0.25, -0.2) is 4.99 Å². The lowest BCUT2D eigenvalue weighted by molar-refractivity contribution is 0.340. The molecule has 0 spiro atoms. The SMILES string of the molecule is CCn1cnnc1CN=C(Nc1ccccc1)N1CCCCC1.I. The highest BCUT2D eigenvalue weighted by atomic mass is 127. The third kappa shape index (κ3) is 4.93. The molecule has 24 heavy (non-hydrogen) atoms. The lowest BCUT2D eigenvalue weighted by atomic mass is 10.1. The molecule has 1 aromatic carbocycles. The monoisotopic (exact) mass is 440 g/mol. The van der Waals surface area contributed by atoms with Crippen LogP contribution < -0.4 is 5.32 Å². The van der Waals surface area contributed by atoms with Crippen molar-refractivity contribution in [3.63, 3.8) is 0 Å². The molecule has 6 nitrogen and oxygen atoms in total. The first-order chi connectivity index (χ1) is 11.4. The van der Waals surface area contributed by atoms with Crippen molar-refractivity contribution in [2.45, 2.75) is 39.3 Å². The minimum absolute atomic E-state index is 0. The van der Waals surface area contributed by atoms with E-state index in [2.05, 4.69) is 39.5 Å². The number of likely N-dealkylation sites (tertiary alicyclic amines) is 1. The Morgan fingerprint density at radius 1 is 1.17 bits per heavy atom. The summed E-state index contributed by atoms with van der Waals surface area (Å²) in [6.07, 6.45) is 5.51. The lowest BCUT2D eigenvalue weighted by Gasteiger charge is -2.30. The van der Waals surface area contributed by atoms with Crippen LogP contribution in [0.25, 0.3) is 0 Å². The summed E-state index contributed by atoms with van der Waals surface area (Å²) in [7, 11) is 0. The molecule has 0 bridgehead atoms. The molecule has 0 radical (unpaired) electrons. The van der Waals surface area contributed by atoms with Gasteiger partial charge in [-0.2, -0.15) is 0 Å². The molecule has 7 heteroatoms. The molecule has 2 aromatic rings. The number of aryl methyl sites for hydroxylation is 1. The highest BCUT2D eigenvalue weighted by molar-refractivity contribution is 14.0. The number of hydrogen-bond donors (Lipinski definition) is 1. The molecule has 0 amide bonds. The van der Waals surface area contributed by atoms with E-state index in [9.17, 15) is 0 Å². The maximum Gasteiger partial charge on any atom is 0.198 e. The molecule has 0 aliphatic carbocycles. The Hall–Kier alpha value is -1.64. The van der Waals surface area contributed by atoms with Crippen LogP contribution in [0, 0.1) is 0 Å². The van der Waals surface area contributed by atoms with Gasteiger partial charge in [0.25, 0.3) is 0 Å². The number of aromatic nitrogens is 3. The zero-order chi connectivity index (χ0) is 15.9. The number of nitrogens with zero attached hydrogens (tertiary/aromatic N) is 5. The number of hydrogen-bond acceptors (Lipinski definition) is 3. The third-order valence-corrected chi connectivity index (χ3v) is 4.09. The fourth-order valence-electron chi connectivity index (χ4n) is 2.79. The summed E-state index contributed by atoms with van der Waals surface area (Å²) in [6, 6.07) is 10.2. The van der Waals surface area contributed by atoms with Gasteiger partial charge in [-0.05, 0) is 38.3 Å². The Labute approximate surface area is 160 Å². The number of piperidine rings is 1. The van der Waals surface area contributed by atoms with Gasteiger partial charge in [0.2, 0.25) is 0 Å². The van der Waals surface area contributed by atoms with Crippen molar-refractivity contribution in [3.8, 4) is 0 Å². The molecule has 3 rings (SSSR count). The van der Waals surface area contributed by atoms with Crippen molar-refractivity contribution in [1.82, 2.24) is 19.7 Å². The van der Waals surface area contributed by atoms with E-state index in [0.717, 1.165) is 37.1 Å². The summed E-state index contributed by atoms with van der Waals surface area (Å²) in [5.41, 5.74) is 1.06. The molecule has 1 saturated heterocycles. The largest absolute Gasteiger partial charge is 0.343 e. The number of rotatable bonds is 4. The number of aliphatic imine (C=N–C) groups is 1. The van der Waals surface area contributed by atoms with Gasteiger partial charge in [-0.3, -0.25) is 0 Å². The average Bonchev–Trinajstić information content (AvgIpc) is 3.08. The first-order valence-electron chi connectivity index (χ1n) is 8.35. The summed E-state index contributed by atoms with van der Waals surface area (Å²) < 4.78 is 2.03. The third-order valence-electron chi connectivity index (χ3n) is 4.09. The fourth-order valence-corrected chi connectivity index (χ4v) is 2.79. The van der Waals surface area contributed by atoms with Crippen LogP contribution >= 0.6 is 24.0 Å². The molecule has 1 N–H and O–H groups in total. The van der Waals surface area contributed by atoms with E-state index >= 15 is 0 Å². The first kappa shape index (κ1) is 18.7. The van der Waals surface area contributed by atoms with E-state index in [1.165, 1.54) is 19.3 Å². The van der Waals surface area contributed by atoms with Crippen LogP contribution in [-0.2, 0) is 13.1 Å². The van der Waals surface area contributed by atoms with E-state index in [0.29, 0.717) is 6.54 Å². The van der Waals surface area contributed by atoms with Crippen molar-refractivity contribution >= 4 is 35.6 Å². The minimum atomic E-state index is 0. The average molecular weight is 440 g/mol. The molecule has 2 heterocycles. The number of nitrogens with one attached hydrogen (secondary N) is 1. The highest BCUT2D eigenvalue weighted by Gasteiger charge is 2.15. The molecule has 0 saturated carbocycles. The van der Waals surface area contributed by atoms with Crippen LogP contribution in [0.4, 0.5) is 5.69 Å². The first-order valence-corrected chi connectivity index (χ1v) is 8.35. The van der Waals surface area contributed by atoms with E-state index in [1.807, 2.05) is 22.8 Å². The van der Waals surface area contributed by atoms with Crippen LogP contribution in [0.15, 0.2) is 41.7 Å². The summed E-state index contributed by atoms with van der Waals surface area (Å²) in [6.45, 7) is 5.60. The van der Waals surface area contributed by atoms with Gasteiger partial charge >= 0.3 is 0 Å². The predicted octanol–water partition coefficient (Wildman–Crippen LogP) is 3.37. The smallest absolute Gasteiger partial charge is 0.198 e. The number of guanidine groups is 1. The van der Waals surface area contributed by atoms with Gasteiger partial charge < -0.3 is 14.8 Å². The summed E-state index contributed by atoms with van der Waals surface area (Å²) in [4.78, 5) is 7.14. The zero-order valence-corrected chi connectivity index (χ0v) is 16.4. The molecule has 1 fully saturated rings. The van der Waals surface area contributed by atoms with Crippen LogP contribution in [0.2, 0.25) is 0 Å². The van der Waals surface area contributed by atoms with Crippen LogP contribution in [0.5, 0.6) is 0 Å². The van der Waals surface area contributed by atoms with Crippen molar-refractivity contribution < 1.29 is 0 Å². The standard InChI is InChI=1S/C17H24N6.HI/c1-2-22-14-19-21-16(22)13-18-17(23-11-7-4-8-12-23)20-15-9-5-3-6-10-15;/h3,5-6,9-10,14H,2,4,7-8,11-13H2,1H3,(H,18,20);1H. The topological polar surface area (TPSA) is 58.3 Å². The molecule has 0 unspecified atom stereocenters. The quantitative estimate of drug-likeness (QED) is 0.450. The second-order valence-electron chi connectivity index (χ2n) is 5.71. The summed E-state index contributed by atoms with van der Waals surface area (Å²) in [5.74, 6) is 1.83. The van der Waals surface area contributed by atoms with Gasteiger partial charge in [-0.15, -0.1) is 34.2 Å². The molecule has 1 aliphatic rings. The number of anilines is 1. The second kappa shape index (κ2) is 9.61. The number of halogens is 1. The Kier molecular flexibility index (Phi) is 7.48. The Morgan fingerprint density at radius 2 is 1.92 bits per heavy atom. The van der Waals surface area contributed by atoms with Gasteiger partial charge in [-0.1, -0.05) is 18.2 Å². The van der Waals surface area contributed by atoms with Crippen LogP contribution in [0.3, 0.4) is 0 Å². The van der Waals surface area contributed by atoms with E-state index in [4.69, 9.17) is 4.99 Å². The van der Waals surface area contributed by atoms with E-state index in [1.54, 1.807) is 6.33 Å². The van der Waals surface area contributed by atoms with Crippen molar-refractivity contribution in [1.29, 1.82) is 0 Å². The molecule has 1 aromatic heterocycles. The van der Waals surface area contributed by atoms with Crippen molar-refractivity contribution in [2.75, 3.05) is 18.4 Å². The zero-order valence-electron chi connectivity index (χ0n) is 14.1. The Bertz CT molecular complexity index is 634. The molecule has 1 aliphatic heterocycles. The van der Waals surface area contributed by atoms with Crippen LogP contribution in [-0.4, -0.2) is 38.7 Å². The molecule has 0 atom stereocenters. The summed E-state index contributed by atoms with van der Waals surface area (Å²) >= 11 is 0. The maximum atomic E-state index is 4.80. The lowest BCUT2D eigenvalue weighted by Crippen LogP contribution is -2.40. The predicted molar refractivity (Wildman–Crippen MR) is 108 cm³/mol. The maximum absolute atomic E-state index is 4.80. The normalized spacial score (nSPS) is 15.0.